The lowest BCUT2D eigenvalue weighted by Crippen LogP contribution is -2.23. The number of hydrogen-bond acceptors (Lipinski definition) is 1. The number of hydrogen-bond donors (Lipinski definition) is 1. The van der Waals surface area contributed by atoms with Crippen molar-refractivity contribution in [2.75, 3.05) is 7.05 Å². The molecule has 0 saturated carbocycles. The summed E-state index contributed by atoms with van der Waals surface area (Å²) in [7, 11) is 4.25. The van der Waals surface area contributed by atoms with Crippen molar-refractivity contribution in [3.63, 3.8) is 0 Å². The average Bonchev–Trinajstić information content (AvgIpc) is 2.63. The standard InChI is InChI=1S/C14H17BrN2/c1-16-12-5-3-4-10-11-8-9(15)6-7-13(11)17(2)14(10)12/h6-8,12,16H,3-5H2,1-2H3. The second-order valence-electron chi connectivity index (χ2n) is 4.82. The van der Waals surface area contributed by atoms with E-state index in [1.54, 1.807) is 0 Å². The normalized spacial score (nSPS) is 19.6. The Kier molecular flexibility index (Phi) is 2.75. The maximum Gasteiger partial charge on any atom is 0.0484 e. The fourth-order valence-corrected chi connectivity index (χ4v) is 3.48. The van der Waals surface area contributed by atoms with Crippen LogP contribution in [0.15, 0.2) is 22.7 Å². The number of halogens is 1. The number of fused-ring (bicyclic) bond motifs is 3. The largest absolute Gasteiger partial charge is 0.346 e. The zero-order chi connectivity index (χ0) is 12.0. The highest BCUT2D eigenvalue weighted by molar-refractivity contribution is 9.10. The van der Waals surface area contributed by atoms with Gasteiger partial charge >= 0.3 is 0 Å². The Hall–Kier alpha value is -0.800. The molecule has 1 aromatic heterocycles. The van der Waals surface area contributed by atoms with Gasteiger partial charge in [0, 0.05) is 34.2 Å². The molecule has 3 heteroatoms. The Bertz CT molecular complexity index is 571. The van der Waals surface area contributed by atoms with Crippen molar-refractivity contribution < 1.29 is 0 Å². The van der Waals surface area contributed by atoms with Crippen molar-refractivity contribution in [3.8, 4) is 0 Å². The molecule has 0 bridgehead atoms. The maximum absolute atomic E-state index is 3.58. The number of benzene rings is 1. The van der Waals surface area contributed by atoms with Gasteiger partial charge in [-0.3, -0.25) is 0 Å². The van der Waals surface area contributed by atoms with Crippen LogP contribution in [0.2, 0.25) is 0 Å². The van der Waals surface area contributed by atoms with Crippen LogP contribution in [0.25, 0.3) is 10.9 Å². The van der Waals surface area contributed by atoms with Crippen molar-refractivity contribution in [1.82, 2.24) is 9.88 Å². The molecule has 0 saturated heterocycles. The number of rotatable bonds is 1. The number of nitrogens with one attached hydrogen (secondary N) is 1. The van der Waals surface area contributed by atoms with Crippen LogP contribution in [0.3, 0.4) is 0 Å². The van der Waals surface area contributed by atoms with Gasteiger partial charge in [-0.25, -0.2) is 0 Å². The van der Waals surface area contributed by atoms with Crippen LogP contribution < -0.4 is 5.32 Å². The first-order chi connectivity index (χ1) is 8.22. The first kappa shape index (κ1) is 11.3. The molecule has 0 radical (unpaired) electrons. The van der Waals surface area contributed by atoms with Gasteiger partial charge in [0.2, 0.25) is 0 Å². The van der Waals surface area contributed by atoms with Crippen LogP contribution in [0, 0.1) is 0 Å². The van der Waals surface area contributed by atoms with E-state index in [9.17, 15) is 0 Å². The van der Waals surface area contributed by atoms with Crippen molar-refractivity contribution in [2.24, 2.45) is 7.05 Å². The second kappa shape index (κ2) is 4.14. The van der Waals surface area contributed by atoms with Crippen molar-refractivity contribution in [2.45, 2.75) is 25.3 Å². The summed E-state index contributed by atoms with van der Waals surface area (Å²) in [6.07, 6.45) is 3.74. The fourth-order valence-electron chi connectivity index (χ4n) is 3.12. The lowest BCUT2D eigenvalue weighted by atomic mass is 9.92. The smallest absolute Gasteiger partial charge is 0.0484 e. The van der Waals surface area contributed by atoms with Gasteiger partial charge in [0.1, 0.15) is 0 Å². The molecule has 0 amide bonds. The van der Waals surface area contributed by atoms with Gasteiger partial charge in [-0.1, -0.05) is 15.9 Å². The molecule has 0 spiro atoms. The topological polar surface area (TPSA) is 17.0 Å². The molecule has 2 nitrogen and oxygen atoms in total. The van der Waals surface area contributed by atoms with E-state index in [1.807, 2.05) is 0 Å². The highest BCUT2D eigenvalue weighted by Crippen LogP contribution is 2.37. The highest BCUT2D eigenvalue weighted by atomic mass is 79.9. The minimum atomic E-state index is 0.509. The van der Waals surface area contributed by atoms with E-state index in [2.05, 4.69) is 58.1 Å². The molecule has 1 aromatic carbocycles. The summed E-state index contributed by atoms with van der Waals surface area (Å²) >= 11 is 3.58. The van der Waals surface area contributed by atoms with Crippen LogP contribution in [0.1, 0.15) is 30.1 Å². The molecule has 17 heavy (non-hydrogen) atoms. The van der Waals surface area contributed by atoms with Gasteiger partial charge in [0.25, 0.3) is 0 Å². The third-order valence-electron chi connectivity index (χ3n) is 3.91. The average molecular weight is 293 g/mol. The quantitative estimate of drug-likeness (QED) is 0.851. The minimum Gasteiger partial charge on any atom is -0.346 e. The number of aryl methyl sites for hydroxylation is 2. The van der Waals surface area contributed by atoms with Crippen LogP contribution in [0.4, 0.5) is 0 Å². The fraction of sp³-hybridized carbons (Fsp3) is 0.429. The first-order valence-electron chi connectivity index (χ1n) is 6.16. The monoisotopic (exact) mass is 292 g/mol. The summed E-state index contributed by atoms with van der Waals surface area (Å²) in [5.41, 5.74) is 4.36. The Morgan fingerprint density at radius 2 is 2.24 bits per heavy atom. The Morgan fingerprint density at radius 1 is 1.41 bits per heavy atom. The molecular formula is C14H17BrN2. The Labute approximate surface area is 110 Å². The summed E-state index contributed by atoms with van der Waals surface area (Å²) in [5, 5.41) is 4.86. The molecular weight excluding hydrogens is 276 g/mol. The van der Waals surface area contributed by atoms with Gasteiger partial charge in [-0.05, 0) is 50.1 Å². The molecule has 3 rings (SSSR count). The van der Waals surface area contributed by atoms with Gasteiger partial charge in [0.15, 0.2) is 0 Å². The maximum atomic E-state index is 3.58. The predicted octanol–water partition coefficient (Wildman–Crippen LogP) is 3.54. The predicted molar refractivity (Wildman–Crippen MR) is 75.4 cm³/mol. The van der Waals surface area contributed by atoms with Gasteiger partial charge < -0.3 is 9.88 Å². The van der Waals surface area contributed by atoms with E-state index < -0.39 is 0 Å². The summed E-state index contributed by atoms with van der Waals surface area (Å²) in [5.74, 6) is 0. The summed E-state index contributed by atoms with van der Waals surface area (Å²) in [4.78, 5) is 0. The van der Waals surface area contributed by atoms with Crippen LogP contribution in [-0.4, -0.2) is 11.6 Å². The SMILES string of the molecule is CNC1CCCc2c1n(C)c1ccc(Br)cc21. The lowest BCUT2D eigenvalue weighted by Gasteiger charge is -2.24. The third kappa shape index (κ3) is 1.64. The van der Waals surface area contributed by atoms with Gasteiger partial charge in [0.05, 0.1) is 0 Å². The molecule has 1 heterocycles. The molecule has 0 aliphatic heterocycles. The van der Waals surface area contributed by atoms with E-state index >= 15 is 0 Å². The Morgan fingerprint density at radius 3 is 3.00 bits per heavy atom. The molecule has 0 fully saturated rings. The van der Waals surface area contributed by atoms with Crippen molar-refractivity contribution in [1.29, 1.82) is 0 Å². The van der Waals surface area contributed by atoms with Crippen LogP contribution in [-0.2, 0) is 13.5 Å². The van der Waals surface area contributed by atoms with Gasteiger partial charge in [-0.2, -0.15) is 0 Å². The van der Waals surface area contributed by atoms with Crippen molar-refractivity contribution >= 4 is 26.8 Å². The van der Waals surface area contributed by atoms with Gasteiger partial charge in [-0.15, -0.1) is 0 Å². The third-order valence-corrected chi connectivity index (χ3v) is 4.41. The van der Waals surface area contributed by atoms with E-state index in [0.29, 0.717) is 6.04 Å². The van der Waals surface area contributed by atoms with Crippen LogP contribution in [0.5, 0.6) is 0 Å². The number of aromatic nitrogens is 1. The molecule has 1 aliphatic rings. The minimum absolute atomic E-state index is 0.509. The second-order valence-corrected chi connectivity index (χ2v) is 5.73. The first-order valence-corrected chi connectivity index (χ1v) is 6.95. The Balaban J connectivity index is 2.33. The summed E-state index contributed by atoms with van der Waals surface area (Å²) in [6.45, 7) is 0. The number of nitrogens with zero attached hydrogens (tertiary/aromatic N) is 1. The molecule has 2 aromatic rings. The molecule has 1 unspecified atom stereocenters. The van der Waals surface area contributed by atoms with Crippen LogP contribution >= 0.6 is 15.9 Å². The van der Waals surface area contributed by atoms with E-state index in [4.69, 9.17) is 0 Å². The summed E-state index contributed by atoms with van der Waals surface area (Å²) < 4.78 is 3.53. The van der Waals surface area contributed by atoms with Crippen molar-refractivity contribution in [3.05, 3.63) is 33.9 Å². The highest BCUT2D eigenvalue weighted by Gasteiger charge is 2.25. The summed E-state index contributed by atoms with van der Waals surface area (Å²) in [6, 6.07) is 7.11. The molecule has 1 N–H and O–H groups in total. The molecule has 90 valence electrons. The van der Waals surface area contributed by atoms with E-state index in [1.165, 1.54) is 45.9 Å². The molecule has 1 atom stereocenters. The zero-order valence-corrected chi connectivity index (χ0v) is 11.8. The molecule has 1 aliphatic carbocycles. The van der Waals surface area contributed by atoms with E-state index in [0.717, 1.165) is 0 Å². The lowest BCUT2D eigenvalue weighted by molar-refractivity contribution is 0.474. The zero-order valence-electron chi connectivity index (χ0n) is 10.3. The van der Waals surface area contributed by atoms with E-state index in [-0.39, 0.29) is 0 Å².